The molecule has 26 heavy (non-hydrogen) atoms. The molecule has 4 N–H and O–H groups in total. The third-order valence-corrected chi connectivity index (χ3v) is 4.80. The van der Waals surface area contributed by atoms with Gasteiger partial charge in [-0.2, -0.15) is 0 Å². The van der Waals surface area contributed by atoms with Crippen LogP contribution in [-0.2, 0) is 4.79 Å². The van der Waals surface area contributed by atoms with Crippen LogP contribution in [0.2, 0.25) is 5.02 Å². The van der Waals surface area contributed by atoms with Crippen LogP contribution in [0.15, 0.2) is 53.7 Å². The SMILES string of the molecule is CC1=C(C(=O)Nc2ccc(C)c(Cl)c2)C(c2ccc(O)cc2)NC(=S)N1. The van der Waals surface area contributed by atoms with Crippen molar-refractivity contribution >= 4 is 40.5 Å². The summed E-state index contributed by atoms with van der Waals surface area (Å²) in [6, 6.07) is 11.6. The molecule has 1 heterocycles. The van der Waals surface area contributed by atoms with Crippen LogP contribution >= 0.6 is 23.8 Å². The highest BCUT2D eigenvalue weighted by Crippen LogP contribution is 2.29. The van der Waals surface area contributed by atoms with E-state index in [1.54, 1.807) is 43.3 Å². The van der Waals surface area contributed by atoms with Gasteiger partial charge in [0.1, 0.15) is 5.75 Å². The van der Waals surface area contributed by atoms with Crippen LogP contribution in [0.4, 0.5) is 5.69 Å². The lowest BCUT2D eigenvalue weighted by atomic mass is 9.95. The van der Waals surface area contributed by atoms with Crippen molar-refractivity contribution in [3.63, 3.8) is 0 Å². The molecule has 1 unspecified atom stereocenters. The van der Waals surface area contributed by atoms with Gasteiger partial charge in [0.05, 0.1) is 11.6 Å². The van der Waals surface area contributed by atoms with E-state index in [0.717, 1.165) is 11.1 Å². The summed E-state index contributed by atoms with van der Waals surface area (Å²) < 4.78 is 0. The van der Waals surface area contributed by atoms with E-state index in [2.05, 4.69) is 16.0 Å². The van der Waals surface area contributed by atoms with E-state index in [-0.39, 0.29) is 11.7 Å². The molecule has 0 fully saturated rings. The highest BCUT2D eigenvalue weighted by atomic mass is 35.5. The van der Waals surface area contributed by atoms with Crippen LogP contribution in [0.5, 0.6) is 5.75 Å². The summed E-state index contributed by atoms with van der Waals surface area (Å²) in [5.41, 5.74) is 3.55. The van der Waals surface area contributed by atoms with Gasteiger partial charge in [0.15, 0.2) is 5.11 Å². The second-order valence-corrected chi connectivity index (χ2v) is 6.90. The van der Waals surface area contributed by atoms with Crippen molar-refractivity contribution in [2.75, 3.05) is 5.32 Å². The Balaban J connectivity index is 1.93. The minimum absolute atomic E-state index is 0.159. The molecule has 5 nitrogen and oxygen atoms in total. The highest BCUT2D eigenvalue weighted by molar-refractivity contribution is 7.80. The molecule has 3 rings (SSSR count). The van der Waals surface area contributed by atoms with E-state index in [0.29, 0.717) is 27.1 Å². The lowest BCUT2D eigenvalue weighted by Gasteiger charge is -2.30. The second-order valence-electron chi connectivity index (χ2n) is 6.08. The van der Waals surface area contributed by atoms with Gasteiger partial charge in [0.2, 0.25) is 0 Å². The number of carbonyl (C=O) groups excluding carboxylic acids is 1. The maximum absolute atomic E-state index is 12.9. The maximum Gasteiger partial charge on any atom is 0.255 e. The van der Waals surface area contributed by atoms with Gasteiger partial charge in [0.25, 0.3) is 5.91 Å². The smallest absolute Gasteiger partial charge is 0.255 e. The minimum Gasteiger partial charge on any atom is -0.508 e. The molecule has 7 heteroatoms. The quantitative estimate of drug-likeness (QED) is 0.603. The Bertz CT molecular complexity index is 910. The molecule has 1 atom stereocenters. The molecule has 0 spiro atoms. The van der Waals surface area contributed by atoms with Gasteiger partial charge in [-0.05, 0) is 61.5 Å². The fourth-order valence-corrected chi connectivity index (χ4v) is 3.23. The zero-order valence-corrected chi connectivity index (χ0v) is 15.8. The van der Waals surface area contributed by atoms with Crippen LogP contribution in [0.1, 0.15) is 24.1 Å². The Kier molecular flexibility index (Phi) is 5.15. The molecule has 0 aromatic heterocycles. The van der Waals surface area contributed by atoms with Gasteiger partial charge < -0.3 is 21.1 Å². The fraction of sp³-hybridized carbons (Fsp3) is 0.158. The first-order valence-corrected chi connectivity index (χ1v) is 8.78. The average Bonchev–Trinajstić information content (AvgIpc) is 2.58. The van der Waals surface area contributed by atoms with Gasteiger partial charge in [-0.15, -0.1) is 0 Å². The number of anilines is 1. The molecule has 0 aliphatic carbocycles. The molecule has 1 amide bonds. The van der Waals surface area contributed by atoms with Crippen molar-refractivity contribution in [1.82, 2.24) is 10.6 Å². The molecule has 2 aromatic carbocycles. The lowest BCUT2D eigenvalue weighted by Crippen LogP contribution is -2.45. The first kappa shape index (κ1) is 18.2. The number of hydrogen-bond acceptors (Lipinski definition) is 3. The molecule has 134 valence electrons. The number of nitrogens with one attached hydrogen (secondary N) is 3. The summed E-state index contributed by atoms with van der Waals surface area (Å²) in [5.74, 6) is -0.103. The van der Waals surface area contributed by atoms with Crippen molar-refractivity contribution in [1.29, 1.82) is 0 Å². The molecule has 0 bridgehead atoms. The van der Waals surface area contributed by atoms with Crippen molar-refractivity contribution in [2.24, 2.45) is 0 Å². The average molecular weight is 388 g/mol. The van der Waals surface area contributed by atoms with Gasteiger partial charge in [-0.1, -0.05) is 29.8 Å². The number of rotatable bonds is 3. The first-order valence-electron chi connectivity index (χ1n) is 8.00. The molecule has 0 saturated carbocycles. The zero-order chi connectivity index (χ0) is 18.8. The van der Waals surface area contributed by atoms with Crippen LogP contribution in [-0.4, -0.2) is 16.1 Å². The monoisotopic (exact) mass is 387 g/mol. The lowest BCUT2D eigenvalue weighted by molar-refractivity contribution is -0.113. The zero-order valence-electron chi connectivity index (χ0n) is 14.3. The minimum atomic E-state index is -0.426. The molecule has 0 saturated heterocycles. The van der Waals surface area contributed by atoms with E-state index in [9.17, 15) is 9.90 Å². The maximum atomic E-state index is 12.9. The highest BCUT2D eigenvalue weighted by Gasteiger charge is 2.29. The standard InChI is InChI=1S/C19H18ClN3O2S/c1-10-3-6-13(9-15(10)20)22-18(25)16-11(2)21-19(26)23-17(16)12-4-7-14(24)8-5-12/h3-9,17,24H,1-2H3,(H,22,25)(H2,21,23,26). The number of thiocarbonyl (C=S) groups is 1. The van der Waals surface area contributed by atoms with E-state index in [4.69, 9.17) is 23.8 Å². The number of amides is 1. The number of carbonyl (C=O) groups is 1. The number of hydrogen-bond donors (Lipinski definition) is 4. The Labute approximate surface area is 162 Å². The Hall–Kier alpha value is -2.57. The van der Waals surface area contributed by atoms with Gasteiger partial charge >= 0.3 is 0 Å². The van der Waals surface area contributed by atoms with Crippen LogP contribution in [0.25, 0.3) is 0 Å². The van der Waals surface area contributed by atoms with Crippen molar-refractivity contribution in [2.45, 2.75) is 19.9 Å². The first-order chi connectivity index (χ1) is 12.3. The number of aryl methyl sites for hydroxylation is 1. The van der Waals surface area contributed by atoms with E-state index in [1.807, 2.05) is 13.0 Å². The number of phenols is 1. The molecule has 2 aromatic rings. The Morgan fingerprint density at radius 3 is 2.54 bits per heavy atom. The number of allylic oxidation sites excluding steroid dienone is 1. The molecule has 0 radical (unpaired) electrons. The summed E-state index contributed by atoms with van der Waals surface area (Å²) >= 11 is 11.4. The van der Waals surface area contributed by atoms with E-state index >= 15 is 0 Å². The van der Waals surface area contributed by atoms with Crippen LogP contribution in [0.3, 0.4) is 0 Å². The molecule has 1 aliphatic rings. The summed E-state index contributed by atoms with van der Waals surface area (Å²) in [7, 11) is 0. The molecular formula is C19H18ClN3O2S. The third kappa shape index (κ3) is 3.81. The third-order valence-electron chi connectivity index (χ3n) is 4.17. The molecular weight excluding hydrogens is 370 g/mol. The van der Waals surface area contributed by atoms with Crippen LogP contribution < -0.4 is 16.0 Å². The van der Waals surface area contributed by atoms with Crippen molar-refractivity contribution in [3.8, 4) is 5.75 Å². The number of halogens is 1. The Morgan fingerprint density at radius 2 is 1.88 bits per heavy atom. The van der Waals surface area contributed by atoms with E-state index in [1.165, 1.54) is 0 Å². The largest absolute Gasteiger partial charge is 0.508 e. The summed E-state index contributed by atoms with van der Waals surface area (Å²) in [6.07, 6.45) is 0. The number of phenolic OH excluding ortho intramolecular Hbond substituents is 1. The number of benzene rings is 2. The predicted molar refractivity (Wildman–Crippen MR) is 107 cm³/mol. The van der Waals surface area contributed by atoms with Crippen molar-refractivity contribution in [3.05, 3.63) is 69.9 Å². The fourth-order valence-electron chi connectivity index (χ4n) is 2.78. The normalized spacial score (nSPS) is 16.7. The Morgan fingerprint density at radius 1 is 1.19 bits per heavy atom. The van der Waals surface area contributed by atoms with Crippen LogP contribution in [0, 0.1) is 6.92 Å². The summed E-state index contributed by atoms with van der Waals surface area (Å²) in [4.78, 5) is 12.9. The molecule has 1 aliphatic heterocycles. The summed E-state index contributed by atoms with van der Waals surface area (Å²) in [6.45, 7) is 3.70. The van der Waals surface area contributed by atoms with Gasteiger partial charge in [0, 0.05) is 16.4 Å². The van der Waals surface area contributed by atoms with Crippen molar-refractivity contribution < 1.29 is 9.90 Å². The van der Waals surface area contributed by atoms with E-state index < -0.39 is 6.04 Å². The topological polar surface area (TPSA) is 73.4 Å². The van der Waals surface area contributed by atoms with Gasteiger partial charge in [-0.25, -0.2) is 0 Å². The second kappa shape index (κ2) is 7.35. The summed E-state index contributed by atoms with van der Waals surface area (Å²) in [5, 5.41) is 19.5. The number of aromatic hydroxyl groups is 1. The predicted octanol–water partition coefficient (Wildman–Crippen LogP) is 3.79. The van der Waals surface area contributed by atoms with Gasteiger partial charge in [-0.3, -0.25) is 4.79 Å².